The lowest BCUT2D eigenvalue weighted by Gasteiger charge is -2.44. The van der Waals surface area contributed by atoms with Crippen molar-refractivity contribution in [3.05, 3.63) is 112 Å². The highest BCUT2D eigenvalue weighted by molar-refractivity contribution is 6.23. The third-order valence-corrected chi connectivity index (χ3v) is 7.09. The minimum Gasteiger partial charge on any atom is -0.467 e. The molecule has 3 aromatic rings. The fourth-order valence-corrected chi connectivity index (χ4v) is 5.71. The van der Waals surface area contributed by atoms with Gasteiger partial charge in [0.1, 0.15) is 11.6 Å². The molecular weight excluding hydrogens is 429 g/mol. The number of allylic oxidation sites excluding steroid dienone is 3. The Morgan fingerprint density at radius 1 is 0.941 bits per heavy atom. The van der Waals surface area contributed by atoms with Gasteiger partial charge in [-0.1, -0.05) is 50.2 Å². The zero-order chi connectivity index (χ0) is 23.6. The van der Waals surface area contributed by atoms with Gasteiger partial charge < -0.3 is 9.32 Å². The van der Waals surface area contributed by atoms with E-state index in [2.05, 4.69) is 18.7 Å². The Morgan fingerprint density at radius 3 is 2.38 bits per heavy atom. The molecule has 4 nitrogen and oxygen atoms in total. The summed E-state index contributed by atoms with van der Waals surface area (Å²) >= 11 is 0. The van der Waals surface area contributed by atoms with Crippen LogP contribution in [-0.2, 0) is 11.3 Å². The van der Waals surface area contributed by atoms with E-state index >= 15 is 0 Å². The van der Waals surface area contributed by atoms with Crippen molar-refractivity contribution in [3.8, 4) is 0 Å². The lowest BCUT2D eigenvalue weighted by Crippen LogP contribution is -2.39. The van der Waals surface area contributed by atoms with Gasteiger partial charge in [-0.05, 0) is 41.7 Å². The van der Waals surface area contributed by atoms with Crippen LogP contribution < -0.4 is 0 Å². The number of ketones is 2. The zero-order valence-electron chi connectivity index (χ0n) is 19.1. The normalized spacial score (nSPS) is 21.0. The first-order valence-corrected chi connectivity index (χ1v) is 11.5. The Labute approximate surface area is 197 Å². The lowest BCUT2D eigenvalue weighted by atomic mass is 9.68. The number of hydrogen-bond donors (Lipinski definition) is 0. The third kappa shape index (κ3) is 3.11. The molecule has 2 aromatic carbocycles. The Hall–Kier alpha value is -3.73. The van der Waals surface area contributed by atoms with Crippen LogP contribution in [0.5, 0.6) is 0 Å². The fraction of sp³-hybridized carbons (Fsp3) is 0.241. The van der Waals surface area contributed by atoms with Crippen molar-refractivity contribution < 1.29 is 18.4 Å². The Balaban J connectivity index is 1.64. The molecule has 170 valence electrons. The van der Waals surface area contributed by atoms with Crippen LogP contribution in [0.3, 0.4) is 0 Å². The second kappa shape index (κ2) is 7.39. The summed E-state index contributed by atoms with van der Waals surface area (Å²) in [7, 11) is 0. The molecule has 0 bridgehead atoms. The molecule has 2 aliphatic carbocycles. The third-order valence-electron chi connectivity index (χ3n) is 7.09. The van der Waals surface area contributed by atoms with E-state index in [1.807, 2.05) is 36.4 Å². The van der Waals surface area contributed by atoms with Gasteiger partial charge in [0.25, 0.3) is 0 Å². The number of carbonyl (C=O) groups excluding carboxylic acids is 2. The molecule has 0 saturated heterocycles. The van der Waals surface area contributed by atoms with Crippen LogP contribution >= 0.6 is 0 Å². The maximum Gasteiger partial charge on any atom is 0.192 e. The number of furan rings is 1. The summed E-state index contributed by atoms with van der Waals surface area (Å²) in [5.41, 5.74) is 5.03. The molecule has 0 amide bonds. The van der Waals surface area contributed by atoms with Crippen LogP contribution in [-0.4, -0.2) is 16.5 Å². The van der Waals surface area contributed by atoms with Crippen molar-refractivity contribution >= 4 is 17.3 Å². The van der Waals surface area contributed by atoms with Crippen molar-refractivity contribution in [2.75, 3.05) is 0 Å². The average Bonchev–Trinajstić information content (AvgIpc) is 3.41. The largest absolute Gasteiger partial charge is 0.467 e. The fourth-order valence-electron chi connectivity index (χ4n) is 5.71. The topological polar surface area (TPSA) is 50.5 Å². The molecule has 0 spiro atoms. The summed E-state index contributed by atoms with van der Waals surface area (Å²) in [5.74, 6) is -0.151. The monoisotopic (exact) mass is 453 g/mol. The van der Waals surface area contributed by atoms with Crippen LogP contribution in [0.2, 0.25) is 0 Å². The van der Waals surface area contributed by atoms with Gasteiger partial charge >= 0.3 is 0 Å². The Bertz CT molecular complexity index is 1390. The minimum atomic E-state index is -0.526. The van der Waals surface area contributed by atoms with E-state index in [1.54, 1.807) is 18.4 Å². The lowest BCUT2D eigenvalue weighted by molar-refractivity contribution is -0.118. The van der Waals surface area contributed by atoms with Crippen LogP contribution in [0.1, 0.15) is 59.9 Å². The predicted octanol–water partition coefficient (Wildman–Crippen LogP) is 6.27. The number of carbonyl (C=O) groups is 2. The number of Topliss-reactive ketones (excluding diaryl/α,β-unsaturated/α-hetero) is 2. The van der Waals surface area contributed by atoms with Crippen LogP contribution in [0, 0.1) is 11.2 Å². The molecular formula is C29H24FNO3. The van der Waals surface area contributed by atoms with E-state index in [-0.39, 0.29) is 22.8 Å². The molecule has 6 rings (SSSR count). The number of fused-ring (bicyclic) bond motifs is 2. The van der Waals surface area contributed by atoms with E-state index in [0.29, 0.717) is 36.1 Å². The van der Waals surface area contributed by atoms with Gasteiger partial charge in [0.05, 0.1) is 18.5 Å². The van der Waals surface area contributed by atoms with Gasteiger partial charge in [-0.3, -0.25) is 9.59 Å². The molecule has 1 atom stereocenters. The second-order valence-electron chi connectivity index (χ2n) is 10.1. The average molecular weight is 454 g/mol. The van der Waals surface area contributed by atoms with Crippen molar-refractivity contribution in [3.63, 3.8) is 0 Å². The van der Waals surface area contributed by atoms with Gasteiger partial charge in [0.15, 0.2) is 11.6 Å². The Kier molecular flexibility index (Phi) is 4.53. The van der Waals surface area contributed by atoms with Crippen LogP contribution in [0.4, 0.5) is 4.39 Å². The summed E-state index contributed by atoms with van der Waals surface area (Å²) in [6.45, 7) is 4.63. The first-order valence-electron chi connectivity index (χ1n) is 11.5. The summed E-state index contributed by atoms with van der Waals surface area (Å²) in [6.07, 6.45) is 2.73. The van der Waals surface area contributed by atoms with E-state index in [9.17, 15) is 14.0 Å². The molecule has 0 saturated carbocycles. The highest BCUT2D eigenvalue weighted by Crippen LogP contribution is 2.55. The smallest absolute Gasteiger partial charge is 0.192 e. The minimum absolute atomic E-state index is 0.0420. The first-order chi connectivity index (χ1) is 16.3. The van der Waals surface area contributed by atoms with Gasteiger partial charge in [0.2, 0.25) is 0 Å². The summed E-state index contributed by atoms with van der Waals surface area (Å²) in [4.78, 5) is 29.6. The summed E-state index contributed by atoms with van der Waals surface area (Å²) in [6, 6.07) is 17.5. The molecule has 0 unspecified atom stereocenters. The predicted molar refractivity (Wildman–Crippen MR) is 126 cm³/mol. The van der Waals surface area contributed by atoms with Crippen molar-refractivity contribution in [1.29, 1.82) is 0 Å². The second-order valence-corrected chi connectivity index (χ2v) is 10.1. The first kappa shape index (κ1) is 20.8. The van der Waals surface area contributed by atoms with Crippen LogP contribution in [0.15, 0.2) is 88.2 Å². The molecule has 0 fully saturated rings. The van der Waals surface area contributed by atoms with Crippen molar-refractivity contribution in [1.82, 2.24) is 4.90 Å². The molecule has 2 heterocycles. The summed E-state index contributed by atoms with van der Waals surface area (Å²) in [5, 5.41) is 0. The number of benzene rings is 2. The maximum atomic E-state index is 13.8. The number of nitrogens with zero attached hydrogens (tertiary/aromatic N) is 1. The van der Waals surface area contributed by atoms with Gasteiger partial charge in [-0.2, -0.15) is 0 Å². The highest BCUT2D eigenvalue weighted by atomic mass is 19.1. The number of hydrogen-bond acceptors (Lipinski definition) is 4. The van der Waals surface area contributed by atoms with E-state index < -0.39 is 5.92 Å². The van der Waals surface area contributed by atoms with E-state index in [0.717, 1.165) is 28.3 Å². The molecule has 0 radical (unpaired) electrons. The van der Waals surface area contributed by atoms with E-state index in [4.69, 9.17) is 4.42 Å². The highest BCUT2D eigenvalue weighted by Gasteiger charge is 2.49. The zero-order valence-corrected chi connectivity index (χ0v) is 19.1. The maximum absolute atomic E-state index is 13.8. The molecule has 1 aromatic heterocycles. The number of halogens is 1. The molecule has 3 aliphatic rings. The Morgan fingerprint density at radius 2 is 1.68 bits per heavy atom. The van der Waals surface area contributed by atoms with E-state index in [1.165, 1.54) is 12.1 Å². The number of rotatable bonds is 3. The molecule has 0 N–H and O–H groups in total. The molecule has 1 aliphatic heterocycles. The molecule has 5 heteroatoms. The standard InChI is InChI=1S/C29H24FNO3/c1-29(2)14-22-25(23(32)15-29)24(17-9-11-18(30)12-10-17)26-27(31(22)16-19-6-5-13-34-19)20-7-3-4-8-21(20)28(26)33/h3-13,24H,14-16H2,1-2H3/t24-/m1/s1. The van der Waals surface area contributed by atoms with Crippen molar-refractivity contribution in [2.24, 2.45) is 5.41 Å². The quantitative estimate of drug-likeness (QED) is 0.469. The van der Waals surface area contributed by atoms with Gasteiger partial charge in [0, 0.05) is 40.3 Å². The van der Waals surface area contributed by atoms with Crippen molar-refractivity contribution in [2.45, 2.75) is 39.2 Å². The van der Waals surface area contributed by atoms with Gasteiger partial charge in [-0.15, -0.1) is 0 Å². The van der Waals surface area contributed by atoms with Gasteiger partial charge in [-0.25, -0.2) is 4.39 Å². The van der Waals surface area contributed by atoms with Crippen LogP contribution in [0.25, 0.3) is 5.70 Å². The summed E-state index contributed by atoms with van der Waals surface area (Å²) < 4.78 is 19.5. The SMILES string of the molecule is CC1(C)CC(=O)C2=C(C1)N(Cc1ccco1)C1=C(C(=O)c3ccccc31)[C@@H]2c1ccc(F)cc1. The molecule has 34 heavy (non-hydrogen) atoms.